The van der Waals surface area contributed by atoms with E-state index in [9.17, 15) is 0 Å². The molecule has 0 spiro atoms. The van der Waals surface area contributed by atoms with Crippen molar-refractivity contribution in [3.8, 4) is 12.3 Å². The molecule has 0 aliphatic carbocycles. The highest BCUT2D eigenvalue weighted by Crippen LogP contribution is 1.88. The zero-order valence-corrected chi connectivity index (χ0v) is 4.93. The van der Waals surface area contributed by atoms with Crippen molar-refractivity contribution in [2.75, 3.05) is 6.54 Å². The SMILES string of the molecule is C#C[C@@H](N)CCCN. The molecule has 0 heterocycles. The van der Waals surface area contributed by atoms with E-state index in [1.165, 1.54) is 0 Å². The smallest absolute Gasteiger partial charge is 0.0662 e. The summed E-state index contributed by atoms with van der Waals surface area (Å²) in [6.07, 6.45) is 6.76. The van der Waals surface area contributed by atoms with Crippen LogP contribution in [0.25, 0.3) is 0 Å². The Kier molecular flexibility index (Phi) is 4.33. The Morgan fingerprint density at radius 1 is 1.62 bits per heavy atom. The molecule has 0 aliphatic heterocycles. The second-order valence-electron chi connectivity index (χ2n) is 1.70. The summed E-state index contributed by atoms with van der Waals surface area (Å²) >= 11 is 0. The maximum Gasteiger partial charge on any atom is 0.0662 e. The van der Waals surface area contributed by atoms with Gasteiger partial charge in [0, 0.05) is 0 Å². The Bertz CT molecular complexity index is 83.0. The highest BCUT2D eigenvalue weighted by molar-refractivity contribution is 4.96. The van der Waals surface area contributed by atoms with Gasteiger partial charge >= 0.3 is 0 Å². The topological polar surface area (TPSA) is 52.0 Å². The predicted octanol–water partition coefficient (Wildman–Crippen LogP) is -0.314. The largest absolute Gasteiger partial charge is 0.330 e. The van der Waals surface area contributed by atoms with Crippen molar-refractivity contribution in [3.05, 3.63) is 0 Å². The quantitative estimate of drug-likeness (QED) is 0.492. The van der Waals surface area contributed by atoms with Crippen molar-refractivity contribution in [1.82, 2.24) is 0 Å². The second kappa shape index (κ2) is 4.63. The normalized spacial score (nSPS) is 12.6. The molecular formula is C6H12N2. The van der Waals surface area contributed by atoms with E-state index in [0.29, 0.717) is 6.54 Å². The zero-order chi connectivity index (χ0) is 6.41. The number of terminal acetylenes is 1. The van der Waals surface area contributed by atoms with Crippen LogP contribution in [0.5, 0.6) is 0 Å². The van der Waals surface area contributed by atoms with Crippen molar-refractivity contribution >= 4 is 0 Å². The summed E-state index contributed by atoms with van der Waals surface area (Å²) in [4.78, 5) is 0. The van der Waals surface area contributed by atoms with Gasteiger partial charge in [-0.1, -0.05) is 5.92 Å². The van der Waals surface area contributed by atoms with Crippen LogP contribution in [0, 0.1) is 12.3 Å². The standard InChI is InChI=1S/C6H12N2/c1-2-6(8)4-3-5-7/h1,6H,3-5,7-8H2/t6-/m1/s1. The molecule has 46 valence electrons. The molecule has 2 nitrogen and oxygen atoms in total. The van der Waals surface area contributed by atoms with Gasteiger partial charge in [0.1, 0.15) is 0 Å². The molecule has 0 aromatic heterocycles. The van der Waals surface area contributed by atoms with E-state index >= 15 is 0 Å². The minimum Gasteiger partial charge on any atom is -0.330 e. The van der Waals surface area contributed by atoms with Gasteiger partial charge in [0.2, 0.25) is 0 Å². The van der Waals surface area contributed by atoms with Crippen LogP contribution >= 0.6 is 0 Å². The van der Waals surface area contributed by atoms with Crippen molar-refractivity contribution < 1.29 is 0 Å². The third kappa shape index (κ3) is 3.66. The van der Waals surface area contributed by atoms with E-state index in [0.717, 1.165) is 12.8 Å². The van der Waals surface area contributed by atoms with Crippen molar-refractivity contribution in [1.29, 1.82) is 0 Å². The molecule has 0 aromatic rings. The maximum absolute atomic E-state index is 5.37. The summed E-state index contributed by atoms with van der Waals surface area (Å²) in [5.41, 5.74) is 10.6. The molecule has 0 saturated heterocycles. The summed E-state index contributed by atoms with van der Waals surface area (Å²) in [5.74, 6) is 2.42. The zero-order valence-electron chi connectivity index (χ0n) is 4.93. The molecule has 4 N–H and O–H groups in total. The molecule has 0 aromatic carbocycles. The Hall–Kier alpha value is -0.520. The first-order valence-electron chi connectivity index (χ1n) is 2.73. The first kappa shape index (κ1) is 7.48. The van der Waals surface area contributed by atoms with Crippen LogP contribution in [0.2, 0.25) is 0 Å². The lowest BCUT2D eigenvalue weighted by molar-refractivity contribution is 0.688. The van der Waals surface area contributed by atoms with E-state index < -0.39 is 0 Å². The number of hydrogen-bond donors (Lipinski definition) is 2. The lowest BCUT2D eigenvalue weighted by Crippen LogP contribution is -2.18. The van der Waals surface area contributed by atoms with Gasteiger partial charge in [-0.3, -0.25) is 0 Å². The van der Waals surface area contributed by atoms with Crippen LogP contribution in [-0.2, 0) is 0 Å². The Morgan fingerprint density at radius 2 is 2.25 bits per heavy atom. The van der Waals surface area contributed by atoms with Gasteiger partial charge in [-0.15, -0.1) is 6.42 Å². The fourth-order valence-corrected chi connectivity index (χ4v) is 0.421. The lowest BCUT2D eigenvalue weighted by atomic mass is 10.2. The summed E-state index contributed by atoms with van der Waals surface area (Å²) in [6, 6.07) is -0.0986. The predicted molar refractivity (Wildman–Crippen MR) is 35.1 cm³/mol. The van der Waals surface area contributed by atoms with Crippen molar-refractivity contribution in [3.63, 3.8) is 0 Å². The maximum atomic E-state index is 5.37. The van der Waals surface area contributed by atoms with E-state index in [1.807, 2.05) is 0 Å². The molecule has 2 heteroatoms. The third-order valence-electron chi connectivity index (χ3n) is 0.933. The fraction of sp³-hybridized carbons (Fsp3) is 0.667. The number of hydrogen-bond acceptors (Lipinski definition) is 2. The monoisotopic (exact) mass is 112 g/mol. The lowest BCUT2D eigenvalue weighted by Gasteiger charge is -1.99. The number of nitrogens with two attached hydrogens (primary N) is 2. The fourth-order valence-electron chi connectivity index (χ4n) is 0.421. The first-order chi connectivity index (χ1) is 3.81. The summed E-state index contributed by atoms with van der Waals surface area (Å²) in [5, 5.41) is 0. The van der Waals surface area contributed by atoms with Gasteiger partial charge in [-0.25, -0.2) is 0 Å². The van der Waals surface area contributed by atoms with Gasteiger partial charge in [0.25, 0.3) is 0 Å². The van der Waals surface area contributed by atoms with E-state index in [2.05, 4.69) is 5.92 Å². The van der Waals surface area contributed by atoms with E-state index in [1.54, 1.807) is 0 Å². The summed E-state index contributed by atoms with van der Waals surface area (Å²) < 4.78 is 0. The van der Waals surface area contributed by atoms with Gasteiger partial charge < -0.3 is 11.5 Å². The molecule has 1 atom stereocenters. The molecule has 0 fully saturated rings. The molecule has 0 rings (SSSR count). The number of rotatable bonds is 3. The van der Waals surface area contributed by atoms with Crippen molar-refractivity contribution in [2.45, 2.75) is 18.9 Å². The molecule has 0 aliphatic rings. The Morgan fingerprint density at radius 3 is 2.62 bits per heavy atom. The minimum absolute atomic E-state index is 0.0986. The Labute approximate surface area is 50.2 Å². The highest BCUT2D eigenvalue weighted by Gasteiger charge is 1.92. The minimum atomic E-state index is -0.0986. The van der Waals surface area contributed by atoms with Crippen LogP contribution in [0.3, 0.4) is 0 Å². The molecule has 0 bridgehead atoms. The van der Waals surface area contributed by atoms with Crippen LogP contribution in [0.4, 0.5) is 0 Å². The van der Waals surface area contributed by atoms with Crippen LogP contribution in [-0.4, -0.2) is 12.6 Å². The van der Waals surface area contributed by atoms with Gasteiger partial charge in [-0.2, -0.15) is 0 Å². The van der Waals surface area contributed by atoms with Gasteiger partial charge in [0.05, 0.1) is 6.04 Å². The molecule has 0 unspecified atom stereocenters. The molecule has 0 saturated carbocycles. The molecule has 0 amide bonds. The first-order valence-corrected chi connectivity index (χ1v) is 2.73. The van der Waals surface area contributed by atoms with Crippen LogP contribution in [0.15, 0.2) is 0 Å². The summed E-state index contributed by atoms with van der Waals surface area (Å²) in [7, 11) is 0. The van der Waals surface area contributed by atoms with Crippen LogP contribution < -0.4 is 11.5 Å². The molecule has 8 heavy (non-hydrogen) atoms. The Balaban J connectivity index is 3.02. The molecule has 0 radical (unpaired) electrons. The summed E-state index contributed by atoms with van der Waals surface area (Å²) in [6.45, 7) is 0.676. The average Bonchev–Trinajstić information content (AvgIpc) is 1.83. The van der Waals surface area contributed by atoms with E-state index in [-0.39, 0.29) is 6.04 Å². The average molecular weight is 112 g/mol. The second-order valence-corrected chi connectivity index (χ2v) is 1.70. The van der Waals surface area contributed by atoms with Gasteiger partial charge in [0.15, 0.2) is 0 Å². The van der Waals surface area contributed by atoms with E-state index in [4.69, 9.17) is 17.9 Å². The van der Waals surface area contributed by atoms with Crippen molar-refractivity contribution in [2.24, 2.45) is 11.5 Å². The van der Waals surface area contributed by atoms with Crippen LogP contribution in [0.1, 0.15) is 12.8 Å². The third-order valence-corrected chi connectivity index (χ3v) is 0.933. The molecular weight excluding hydrogens is 100 g/mol. The van der Waals surface area contributed by atoms with Gasteiger partial charge in [-0.05, 0) is 19.4 Å². The highest BCUT2D eigenvalue weighted by atomic mass is 14.6.